The third-order valence-corrected chi connectivity index (χ3v) is 5.15. The van der Waals surface area contributed by atoms with E-state index in [1.165, 1.54) is 4.88 Å². The SMILES string of the molecule is CC(Nc1ccccc1-n1ccnc1)c1sccc1Br. The van der Waals surface area contributed by atoms with Crippen LogP contribution in [0.15, 0.2) is 58.9 Å². The molecule has 3 aromatic rings. The lowest BCUT2D eigenvalue weighted by Crippen LogP contribution is -2.08. The lowest BCUT2D eigenvalue weighted by atomic mass is 10.2. The molecule has 0 amide bonds. The molecule has 0 fully saturated rings. The van der Waals surface area contributed by atoms with Gasteiger partial charge in [0.2, 0.25) is 0 Å². The molecule has 0 aliphatic carbocycles. The van der Waals surface area contributed by atoms with Crippen LogP contribution < -0.4 is 5.32 Å². The van der Waals surface area contributed by atoms with Crippen molar-refractivity contribution in [1.82, 2.24) is 9.55 Å². The van der Waals surface area contributed by atoms with E-state index in [4.69, 9.17) is 0 Å². The van der Waals surface area contributed by atoms with Gasteiger partial charge >= 0.3 is 0 Å². The highest BCUT2D eigenvalue weighted by molar-refractivity contribution is 9.10. The summed E-state index contributed by atoms with van der Waals surface area (Å²) in [4.78, 5) is 5.41. The summed E-state index contributed by atoms with van der Waals surface area (Å²) in [7, 11) is 0. The van der Waals surface area contributed by atoms with Crippen molar-refractivity contribution >= 4 is 33.0 Å². The van der Waals surface area contributed by atoms with Gasteiger partial charge in [-0.05, 0) is 46.4 Å². The minimum absolute atomic E-state index is 0.244. The average Bonchev–Trinajstić information content (AvgIpc) is 3.10. The van der Waals surface area contributed by atoms with Gasteiger partial charge in [-0.15, -0.1) is 11.3 Å². The normalized spacial score (nSPS) is 12.3. The van der Waals surface area contributed by atoms with Crippen molar-refractivity contribution in [3.05, 3.63) is 63.8 Å². The van der Waals surface area contributed by atoms with Crippen molar-refractivity contribution in [2.24, 2.45) is 0 Å². The highest BCUT2D eigenvalue weighted by atomic mass is 79.9. The molecule has 20 heavy (non-hydrogen) atoms. The molecule has 0 bridgehead atoms. The second-order valence-corrected chi connectivity index (χ2v) is 6.29. The molecular formula is C15H14BrN3S. The van der Waals surface area contributed by atoms with Crippen LogP contribution in [0.5, 0.6) is 0 Å². The van der Waals surface area contributed by atoms with Gasteiger partial charge in [0.05, 0.1) is 23.7 Å². The number of rotatable bonds is 4. The number of nitrogens with zero attached hydrogens (tertiary/aromatic N) is 2. The quantitative estimate of drug-likeness (QED) is 0.729. The summed E-state index contributed by atoms with van der Waals surface area (Å²) in [6.45, 7) is 2.17. The summed E-state index contributed by atoms with van der Waals surface area (Å²) < 4.78 is 3.17. The van der Waals surface area contributed by atoms with Crippen molar-refractivity contribution in [3.8, 4) is 5.69 Å². The van der Waals surface area contributed by atoms with Gasteiger partial charge in [0.1, 0.15) is 0 Å². The number of aromatic nitrogens is 2. The molecule has 0 spiro atoms. The van der Waals surface area contributed by atoms with Gasteiger partial charge in [-0.25, -0.2) is 4.98 Å². The fourth-order valence-electron chi connectivity index (χ4n) is 2.14. The van der Waals surface area contributed by atoms with Crippen molar-refractivity contribution in [1.29, 1.82) is 0 Å². The Bertz CT molecular complexity index is 691. The van der Waals surface area contributed by atoms with Crippen LogP contribution in [0, 0.1) is 0 Å². The number of hydrogen-bond donors (Lipinski definition) is 1. The zero-order chi connectivity index (χ0) is 13.9. The summed E-state index contributed by atoms with van der Waals surface area (Å²) in [5.41, 5.74) is 2.20. The predicted octanol–water partition coefficient (Wildman–Crippen LogP) is 4.87. The van der Waals surface area contributed by atoms with Crippen molar-refractivity contribution in [2.45, 2.75) is 13.0 Å². The standard InChI is InChI=1S/C15H14BrN3S/c1-11(15-12(16)6-9-20-15)18-13-4-2-3-5-14(13)19-8-7-17-10-19/h2-11,18H,1H3. The van der Waals surface area contributed by atoms with Gasteiger partial charge in [-0.3, -0.25) is 0 Å². The van der Waals surface area contributed by atoms with E-state index in [1.54, 1.807) is 17.5 Å². The van der Waals surface area contributed by atoms with E-state index in [0.29, 0.717) is 0 Å². The Labute approximate surface area is 130 Å². The summed E-state index contributed by atoms with van der Waals surface area (Å²) >= 11 is 5.34. The van der Waals surface area contributed by atoms with E-state index in [2.05, 4.69) is 56.7 Å². The Hall–Kier alpha value is -1.59. The fourth-order valence-corrected chi connectivity index (χ4v) is 3.86. The van der Waals surface area contributed by atoms with Crippen molar-refractivity contribution in [2.75, 3.05) is 5.32 Å². The highest BCUT2D eigenvalue weighted by Crippen LogP contribution is 2.32. The Morgan fingerprint density at radius 2 is 2.15 bits per heavy atom. The number of halogens is 1. The first kappa shape index (κ1) is 13.4. The Morgan fingerprint density at radius 3 is 2.85 bits per heavy atom. The Kier molecular flexibility index (Phi) is 3.89. The van der Waals surface area contributed by atoms with Crippen LogP contribution >= 0.6 is 27.3 Å². The van der Waals surface area contributed by atoms with Crippen molar-refractivity contribution in [3.63, 3.8) is 0 Å². The molecule has 3 nitrogen and oxygen atoms in total. The Balaban J connectivity index is 1.90. The monoisotopic (exact) mass is 347 g/mol. The van der Waals surface area contributed by atoms with Crippen LogP contribution in [0.3, 0.4) is 0 Å². The van der Waals surface area contributed by atoms with Gasteiger partial charge in [0, 0.05) is 21.7 Å². The first-order valence-corrected chi connectivity index (χ1v) is 8.00. The molecule has 3 rings (SSSR count). The summed E-state index contributed by atoms with van der Waals surface area (Å²) in [5, 5.41) is 5.67. The van der Waals surface area contributed by atoms with Gasteiger partial charge in [0.25, 0.3) is 0 Å². The molecule has 2 heterocycles. The second kappa shape index (κ2) is 5.81. The minimum Gasteiger partial charge on any atom is -0.376 e. The van der Waals surface area contributed by atoms with Gasteiger partial charge < -0.3 is 9.88 Å². The molecule has 102 valence electrons. The maximum atomic E-state index is 4.11. The van der Waals surface area contributed by atoms with Crippen LogP contribution in [0.25, 0.3) is 5.69 Å². The average molecular weight is 348 g/mol. The third kappa shape index (κ3) is 2.64. The zero-order valence-corrected chi connectivity index (χ0v) is 13.4. The lowest BCUT2D eigenvalue weighted by molar-refractivity contribution is 0.896. The number of thiophene rings is 1. The number of anilines is 1. The van der Waals surface area contributed by atoms with Gasteiger partial charge in [0.15, 0.2) is 0 Å². The maximum absolute atomic E-state index is 4.11. The zero-order valence-electron chi connectivity index (χ0n) is 11.0. The van der Waals surface area contributed by atoms with Crippen LogP contribution in [-0.2, 0) is 0 Å². The maximum Gasteiger partial charge on any atom is 0.0992 e. The molecule has 0 saturated heterocycles. The number of para-hydroxylation sites is 2. The van der Waals surface area contributed by atoms with Crippen LogP contribution in [0.4, 0.5) is 5.69 Å². The van der Waals surface area contributed by atoms with Crippen LogP contribution in [-0.4, -0.2) is 9.55 Å². The third-order valence-electron chi connectivity index (χ3n) is 3.10. The molecule has 1 N–H and O–H groups in total. The summed E-state index contributed by atoms with van der Waals surface area (Å²) in [5.74, 6) is 0. The van der Waals surface area contributed by atoms with Crippen molar-refractivity contribution < 1.29 is 0 Å². The fraction of sp³-hybridized carbons (Fsp3) is 0.133. The molecule has 1 aromatic carbocycles. The molecule has 1 atom stereocenters. The number of nitrogens with one attached hydrogen (secondary N) is 1. The summed E-state index contributed by atoms with van der Waals surface area (Å²) in [6, 6.07) is 10.6. The molecule has 5 heteroatoms. The van der Waals surface area contributed by atoms with E-state index in [0.717, 1.165) is 15.8 Å². The van der Waals surface area contributed by atoms with Crippen LogP contribution in [0.1, 0.15) is 17.8 Å². The molecule has 0 aliphatic rings. The van der Waals surface area contributed by atoms with Gasteiger partial charge in [-0.1, -0.05) is 12.1 Å². The minimum atomic E-state index is 0.244. The van der Waals surface area contributed by atoms with E-state index in [-0.39, 0.29) is 6.04 Å². The topological polar surface area (TPSA) is 29.9 Å². The smallest absolute Gasteiger partial charge is 0.0992 e. The Morgan fingerprint density at radius 1 is 1.30 bits per heavy atom. The number of imidazole rings is 1. The first-order chi connectivity index (χ1) is 9.75. The van der Waals surface area contributed by atoms with E-state index in [9.17, 15) is 0 Å². The molecule has 1 unspecified atom stereocenters. The van der Waals surface area contributed by atoms with Gasteiger partial charge in [-0.2, -0.15) is 0 Å². The first-order valence-electron chi connectivity index (χ1n) is 6.32. The number of hydrogen-bond acceptors (Lipinski definition) is 3. The molecule has 0 radical (unpaired) electrons. The molecule has 0 aliphatic heterocycles. The van der Waals surface area contributed by atoms with E-state index in [1.807, 2.05) is 29.2 Å². The number of benzene rings is 1. The van der Waals surface area contributed by atoms with Crippen LogP contribution in [0.2, 0.25) is 0 Å². The van der Waals surface area contributed by atoms with E-state index < -0.39 is 0 Å². The molecular weight excluding hydrogens is 334 g/mol. The molecule has 0 saturated carbocycles. The largest absolute Gasteiger partial charge is 0.376 e. The second-order valence-electron chi connectivity index (χ2n) is 4.49. The predicted molar refractivity (Wildman–Crippen MR) is 87.6 cm³/mol. The highest BCUT2D eigenvalue weighted by Gasteiger charge is 2.12. The lowest BCUT2D eigenvalue weighted by Gasteiger charge is -2.18. The van der Waals surface area contributed by atoms with E-state index >= 15 is 0 Å². The molecule has 2 aromatic heterocycles. The summed E-state index contributed by atoms with van der Waals surface area (Å²) in [6.07, 6.45) is 5.55.